The first-order valence-corrected chi connectivity index (χ1v) is 5.14. The van der Waals surface area contributed by atoms with E-state index in [1.54, 1.807) is 22.5 Å². The van der Waals surface area contributed by atoms with Crippen LogP contribution in [0.25, 0.3) is 0 Å². The van der Waals surface area contributed by atoms with Gasteiger partial charge in [-0.2, -0.15) is 0 Å². The minimum atomic E-state index is 1.25. The third kappa shape index (κ3) is 2.39. The van der Waals surface area contributed by atoms with Crippen molar-refractivity contribution in [3.63, 3.8) is 0 Å². The molecule has 3 radical (unpaired) electrons. The molecule has 0 bridgehead atoms. The molecule has 1 aromatic rings. The molecule has 0 saturated heterocycles. The van der Waals surface area contributed by atoms with Gasteiger partial charge in [0.15, 0.2) is 0 Å². The Kier molecular flexibility index (Phi) is 3.12. The second-order valence-electron chi connectivity index (χ2n) is 1.99. The summed E-state index contributed by atoms with van der Waals surface area (Å²) in [4.78, 5) is 0. The molecule has 1 rings (SSSR count). The third-order valence-corrected chi connectivity index (χ3v) is 1.97. The maximum atomic E-state index is 2.18. The SMILES string of the molecule is [Sn][CH2]Cc1ccccc1. The molecule has 0 spiro atoms. The molecule has 0 saturated carbocycles. The van der Waals surface area contributed by atoms with Crippen molar-refractivity contribution in [2.75, 3.05) is 0 Å². The van der Waals surface area contributed by atoms with Gasteiger partial charge in [0, 0.05) is 0 Å². The first-order chi connectivity index (χ1) is 4.43. The van der Waals surface area contributed by atoms with Crippen molar-refractivity contribution in [2.24, 2.45) is 0 Å². The fourth-order valence-electron chi connectivity index (χ4n) is 0.789. The van der Waals surface area contributed by atoms with Crippen molar-refractivity contribution in [1.29, 1.82) is 0 Å². The minimum absolute atomic E-state index is 1.25. The molecule has 0 unspecified atom stereocenters. The van der Waals surface area contributed by atoms with Crippen molar-refractivity contribution in [2.45, 2.75) is 10.9 Å². The molecule has 1 aromatic carbocycles. The topological polar surface area (TPSA) is 0 Å². The van der Waals surface area contributed by atoms with E-state index in [-0.39, 0.29) is 0 Å². The van der Waals surface area contributed by atoms with Gasteiger partial charge in [-0.3, -0.25) is 0 Å². The van der Waals surface area contributed by atoms with Gasteiger partial charge in [-0.1, -0.05) is 0 Å². The summed E-state index contributed by atoms with van der Waals surface area (Å²) in [5, 5.41) is 0. The van der Waals surface area contributed by atoms with Crippen LogP contribution < -0.4 is 0 Å². The molecule has 0 N–H and O–H groups in total. The van der Waals surface area contributed by atoms with E-state index in [9.17, 15) is 0 Å². The molecule has 0 aliphatic carbocycles. The Bertz CT molecular complexity index is 157. The molecule has 0 aromatic heterocycles. The predicted molar refractivity (Wildman–Crippen MR) is 40.7 cm³/mol. The third-order valence-electron chi connectivity index (χ3n) is 1.26. The molecule has 9 heavy (non-hydrogen) atoms. The van der Waals surface area contributed by atoms with Crippen LogP contribution in [0, 0.1) is 0 Å². The predicted octanol–water partition coefficient (Wildman–Crippen LogP) is 1.82. The van der Waals surface area contributed by atoms with E-state index in [0.717, 1.165) is 0 Å². The summed E-state index contributed by atoms with van der Waals surface area (Å²) >= 11 is 1.63. The van der Waals surface area contributed by atoms with Crippen molar-refractivity contribution in [3.05, 3.63) is 35.9 Å². The van der Waals surface area contributed by atoms with Crippen molar-refractivity contribution in [1.82, 2.24) is 0 Å². The zero-order valence-corrected chi connectivity index (χ0v) is 8.16. The molecular formula is C8H9Sn. The average molecular weight is 224 g/mol. The van der Waals surface area contributed by atoms with Crippen LogP contribution in [0.2, 0.25) is 4.44 Å². The number of hydrogen-bond donors (Lipinski definition) is 0. The quantitative estimate of drug-likeness (QED) is 0.672. The summed E-state index contributed by atoms with van der Waals surface area (Å²) in [6, 6.07) is 10.6. The summed E-state index contributed by atoms with van der Waals surface area (Å²) in [5.74, 6) is 0. The first kappa shape index (κ1) is 7.13. The number of rotatable bonds is 2. The van der Waals surface area contributed by atoms with Gasteiger partial charge in [0.05, 0.1) is 0 Å². The summed E-state index contributed by atoms with van der Waals surface area (Å²) in [6.07, 6.45) is 1.25. The summed E-state index contributed by atoms with van der Waals surface area (Å²) < 4.78 is 1.33. The molecular weight excluding hydrogens is 215 g/mol. The van der Waals surface area contributed by atoms with Crippen molar-refractivity contribution < 1.29 is 0 Å². The molecule has 0 heterocycles. The summed E-state index contributed by atoms with van der Waals surface area (Å²) in [5.41, 5.74) is 1.47. The van der Waals surface area contributed by atoms with E-state index in [0.29, 0.717) is 0 Å². The van der Waals surface area contributed by atoms with E-state index in [2.05, 4.69) is 30.3 Å². The second kappa shape index (κ2) is 3.94. The van der Waals surface area contributed by atoms with Crippen molar-refractivity contribution >= 4 is 22.5 Å². The van der Waals surface area contributed by atoms with Gasteiger partial charge >= 0.3 is 69.3 Å². The molecule has 0 aliphatic heterocycles. The summed E-state index contributed by atoms with van der Waals surface area (Å²) in [6.45, 7) is 0. The van der Waals surface area contributed by atoms with Crippen LogP contribution in [-0.4, -0.2) is 22.5 Å². The maximum absolute atomic E-state index is 2.18. The molecule has 1 heteroatoms. The molecule has 0 atom stereocenters. The van der Waals surface area contributed by atoms with E-state index in [1.165, 1.54) is 16.4 Å². The van der Waals surface area contributed by atoms with Crippen LogP contribution in [0.1, 0.15) is 5.56 Å². The normalized spacial score (nSPS) is 9.44. The van der Waals surface area contributed by atoms with Crippen LogP contribution in [-0.2, 0) is 6.42 Å². The fourth-order valence-corrected chi connectivity index (χ4v) is 1.61. The molecule has 0 fully saturated rings. The van der Waals surface area contributed by atoms with Gasteiger partial charge in [0.2, 0.25) is 0 Å². The Balaban J connectivity index is 2.61. The van der Waals surface area contributed by atoms with Crippen LogP contribution in [0.15, 0.2) is 30.3 Å². The zero-order valence-electron chi connectivity index (χ0n) is 5.30. The van der Waals surface area contributed by atoms with Gasteiger partial charge in [-0.25, -0.2) is 0 Å². The van der Waals surface area contributed by atoms with Gasteiger partial charge in [0.1, 0.15) is 0 Å². The number of benzene rings is 1. The van der Waals surface area contributed by atoms with E-state index < -0.39 is 0 Å². The Morgan fingerprint density at radius 1 is 1.11 bits per heavy atom. The van der Waals surface area contributed by atoms with Gasteiger partial charge in [-0.15, -0.1) is 0 Å². The van der Waals surface area contributed by atoms with Gasteiger partial charge < -0.3 is 0 Å². The zero-order chi connectivity index (χ0) is 6.53. The Hall–Kier alpha value is 0.0187. The van der Waals surface area contributed by atoms with Crippen molar-refractivity contribution in [3.8, 4) is 0 Å². The standard InChI is InChI=1S/C8H9.Sn/c1-2-8-6-4-3-5-7-8;/h3-7H,1-2H2;. The van der Waals surface area contributed by atoms with Crippen LogP contribution in [0.5, 0.6) is 0 Å². The first-order valence-electron chi connectivity index (χ1n) is 3.12. The Labute approximate surface area is 69.4 Å². The second-order valence-corrected chi connectivity index (χ2v) is 3.41. The van der Waals surface area contributed by atoms with Gasteiger partial charge in [-0.05, 0) is 0 Å². The van der Waals surface area contributed by atoms with Crippen LogP contribution >= 0.6 is 0 Å². The average Bonchev–Trinajstić information content (AvgIpc) is 1.91. The van der Waals surface area contributed by atoms with Crippen LogP contribution in [0.4, 0.5) is 0 Å². The van der Waals surface area contributed by atoms with Crippen LogP contribution in [0.3, 0.4) is 0 Å². The van der Waals surface area contributed by atoms with E-state index in [4.69, 9.17) is 0 Å². The molecule has 0 nitrogen and oxygen atoms in total. The molecule has 45 valence electrons. The van der Waals surface area contributed by atoms with E-state index in [1.807, 2.05) is 0 Å². The Morgan fingerprint density at radius 2 is 1.78 bits per heavy atom. The monoisotopic (exact) mass is 225 g/mol. The van der Waals surface area contributed by atoms with Gasteiger partial charge in [0.25, 0.3) is 0 Å². The molecule has 0 amide bonds. The number of hydrogen-bond acceptors (Lipinski definition) is 0. The summed E-state index contributed by atoms with van der Waals surface area (Å²) in [7, 11) is 0. The fraction of sp³-hybridized carbons (Fsp3) is 0.250. The van der Waals surface area contributed by atoms with E-state index >= 15 is 0 Å². The Morgan fingerprint density at radius 3 is 2.33 bits per heavy atom. The molecule has 0 aliphatic rings. The number of aryl methyl sites for hydroxylation is 1.